The molecule has 0 saturated heterocycles. The highest BCUT2D eigenvalue weighted by atomic mass is 32.1. The summed E-state index contributed by atoms with van der Waals surface area (Å²) in [6, 6.07) is 19.5. The zero-order valence-corrected chi connectivity index (χ0v) is 17.0. The maximum Gasteiger partial charge on any atom is 0.119 e. The van der Waals surface area contributed by atoms with Gasteiger partial charge in [-0.15, -0.1) is 11.3 Å². The lowest BCUT2D eigenvalue weighted by molar-refractivity contribution is 0.221. The summed E-state index contributed by atoms with van der Waals surface area (Å²) in [5.41, 5.74) is 4.57. The van der Waals surface area contributed by atoms with Gasteiger partial charge in [0.25, 0.3) is 0 Å². The van der Waals surface area contributed by atoms with E-state index in [4.69, 9.17) is 9.47 Å². The second kappa shape index (κ2) is 8.47. The molecule has 2 heterocycles. The summed E-state index contributed by atoms with van der Waals surface area (Å²) in [7, 11) is 3.31. The Bertz CT molecular complexity index is 1040. The molecule has 0 bridgehead atoms. The Labute approximate surface area is 174 Å². The summed E-state index contributed by atoms with van der Waals surface area (Å²) in [6.07, 6.45) is 2.60. The number of aromatic nitrogens is 1. The van der Waals surface area contributed by atoms with Crippen molar-refractivity contribution in [3.63, 3.8) is 0 Å². The topological polar surface area (TPSA) is 51.6 Å². The van der Waals surface area contributed by atoms with Crippen molar-refractivity contribution >= 4 is 11.3 Å². The molecule has 0 aliphatic carbocycles. The van der Waals surface area contributed by atoms with Crippen LogP contribution in [0.3, 0.4) is 0 Å². The van der Waals surface area contributed by atoms with Gasteiger partial charge in [0.2, 0.25) is 0 Å². The summed E-state index contributed by atoms with van der Waals surface area (Å²) < 4.78 is 10.8. The number of rotatable bonds is 6. The average Bonchev–Trinajstić information content (AvgIpc) is 3.24. The van der Waals surface area contributed by atoms with Gasteiger partial charge in [0.1, 0.15) is 17.6 Å². The molecular formula is C24H21NO3S. The van der Waals surface area contributed by atoms with Crippen LogP contribution >= 0.6 is 11.3 Å². The lowest BCUT2D eigenvalue weighted by Gasteiger charge is -2.16. The van der Waals surface area contributed by atoms with Crippen molar-refractivity contribution in [3.8, 4) is 33.1 Å². The van der Waals surface area contributed by atoms with E-state index in [2.05, 4.69) is 10.4 Å². The molecule has 0 amide bonds. The Hall–Kier alpha value is -3.15. The Morgan fingerprint density at radius 2 is 1.59 bits per heavy atom. The average molecular weight is 404 g/mol. The van der Waals surface area contributed by atoms with Crippen LogP contribution in [0.5, 0.6) is 11.5 Å². The minimum Gasteiger partial charge on any atom is -0.497 e. The van der Waals surface area contributed by atoms with E-state index in [1.165, 1.54) is 0 Å². The van der Waals surface area contributed by atoms with Crippen LogP contribution in [0.2, 0.25) is 0 Å². The Balaban J connectivity index is 1.91. The molecule has 1 N–H and O–H groups in total. The normalized spacial score (nSPS) is 11.8. The van der Waals surface area contributed by atoms with Crippen molar-refractivity contribution in [2.75, 3.05) is 14.2 Å². The second-order valence-electron chi connectivity index (χ2n) is 6.54. The van der Waals surface area contributed by atoms with E-state index in [-0.39, 0.29) is 0 Å². The largest absolute Gasteiger partial charge is 0.497 e. The highest BCUT2D eigenvalue weighted by Crippen LogP contribution is 2.44. The van der Waals surface area contributed by atoms with Gasteiger partial charge in [-0.2, -0.15) is 0 Å². The molecule has 0 aliphatic heterocycles. The highest BCUT2D eigenvalue weighted by Gasteiger charge is 2.23. The fourth-order valence-corrected chi connectivity index (χ4v) is 4.46. The maximum atomic E-state index is 11.3. The highest BCUT2D eigenvalue weighted by molar-refractivity contribution is 7.14. The minimum absolute atomic E-state index is 0.749. The zero-order valence-electron chi connectivity index (χ0n) is 16.2. The monoisotopic (exact) mass is 403 g/mol. The van der Waals surface area contributed by atoms with Gasteiger partial charge in [-0.25, -0.2) is 0 Å². The fourth-order valence-electron chi connectivity index (χ4n) is 3.34. The fraction of sp³-hybridized carbons (Fsp3) is 0.125. The van der Waals surface area contributed by atoms with Crippen molar-refractivity contribution in [2.24, 2.45) is 0 Å². The van der Waals surface area contributed by atoms with Gasteiger partial charge in [-0.3, -0.25) is 4.98 Å². The molecule has 1 unspecified atom stereocenters. The first kappa shape index (κ1) is 19.2. The van der Waals surface area contributed by atoms with Crippen LogP contribution in [0.15, 0.2) is 78.4 Å². The molecule has 4 rings (SSSR count). The van der Waals surface area contributed by atoms with E-state index in [1.807, 2.05) is 60.7 Å². The predicted molar refractivity (Wildman–Crippen MR) is 117 cm³/mol. The van der Waals surface area contributed by atoms with Crippen LogP contribution in [0.4, 0.5) is 0 Å². The molecule has 146 valence electrons. The lowest BCUT2D eigenvalue weighted by atomic mass is 9.93. The zero-order chi connectivity index (χ0) is 20.2. The Kier molecular flexibility index (Phi) is 5.60. The third-order valence-corrected chi connectivity index (χ3v) is 5.86. The number of methoxy groups -OCH3 is 2. The molecular weight excluding hydrogens is 382 g/mol. The van der Waals surface area contributed by atoms with E-state index in [1.54, 1.807) is 38.0 Å². The van der Waals surface area contributed by atoms with E-state index >= 15 is 0 Å². The summed E-state index contributed by atoms with van der Waals surface area (Å²) >= 11 is 1.60. The summed E-state index contributed by atoms with van der Waals surface area (Å²) in [5.74, 6) is 1.55. The van der Waals surface area contributed by atoms with Crippen molar-refractivity contribution in [2.45, 2.75) is 6.10 Å². The van der Waals surface area contributed by atoms with E-state index in [9.17, 15) is 5.11 Å². The molecule has 4 aromatic rings. The molecule has 0 aliphatic rings. The number of hydrogen-bond acceptors (Lipinski definition) is 5. The first-order valence-corrected chi connectivity index (χ1v) is 10.1. The van der Waals surface area contributed by atoms with Crippen LogP contribution < -0.4 is 9.47 Å². The first-order chi connectivity index (χ1) is 14.2. The summed E-state index contributed by atoms with van der Waals surface area (Å²) in [5, 5.41) is 13.4. The SMILES string of the molecule is COc1cccc(-c2csc(-c3cccc(OC)c3)c2C(O)c2cccnc2)c1. The number of aliphatic hydroxyl groups excluding tert-OH is 1. The van der Waals surface area contributed by atoms with Crippen LogP contribution in [-0.2, 0) is 0 Å². The number of benzene rings is 2. The first-order valence-electron chi connectivity index (χ1n) is 9.19. The lowest BCUT2D eigenvalue weighted by Crippen LogP contribution is -2.02. The van der Waals surface area contributed by atoms with Gasteiger partial charge in [-0.05, 0) is 52.4 Å². The standard InChI is InChI=1S/C24H21NO3S/c1-27-19-9-3-6-16(12-19)21-15-29-24(17-7-4-10-20(13-17)28-2)22(21)23(26)18-8-5-11-25-14-18/h3-15,23,26H,1-2H3. The molecule has 2 aromatic carbocycles. The van der Waals surface area contributed by atoms with Gasteiger partial charge in [-0.1, -0.05) is 30.3 Å². The molecule has 5 heteroatoms. The summed E-state index contributed by atoms with van der Waals surface area (Å²) in [6.45, 7) is 0. The van der Waals surface area contributed by atoms with Gasteiger partial charge >= 0.3 is 0 Å². The van der Waals surface area contributed by atoms with Crippen molar-refractivity contribution in [1.29, 1.82) is 0 Å². The predicted octanol–water partition coefficient (Wildman–Crippen LogP) is 5.58. The number of thiophene rings is 1. The molecule has 29 heavy (non-hydrogen) atoms. The van der Waals surface area contributed by atoms with Crippen molar-refractivity contribution in [3.05, 3.63) is 89.6 Å². The molecule has 4 nitrogen and oxygen atoms in total. The third-order valence-electron chi connectivity index (χ3n) is 4.82. The molecule has 0 spiro atoms. The van der Waals surface area contributed by atoms with Gasteiger partial charge in [0.15, 0.2) is 0 Å². The Morgan fingerprint density at radius 3 is 2.24 bits per heavy atom. The van der Waals surface area contributed by atoms with E-state index in [0.29, 0.717) is 0 Å². The van der Waals surface area contributed by atoms with Crippen LogP contribution in [-0.4, -0.2) is 24.3 Å². The van der Waals surface area contributed by atoms with Crippen molar-refractivity contribution < 1.29 is 14.6 Å². The maximum absolute atomic E-state index is 11.3. The third kappa shape index (κ3) is 3.88. The number of pyridine rings is 1. The van der Waals surface area contributed by atoms with Crippen LogP contribution in [0.25, 0.3) is 21.6 Å². The van der Waals surface area contributed by atoms with E-state index < -0.39 is 6.10 Å². The van der Waals surface area contributed by atoms with E-state index in [0.717, 1.165) is 44.2 Å². The molecule has 0 fully saturated rings. The quantitative estimate of drug-likeness (QED) is 0.457. The number of nitrogens with zero attached hydrogens (tertiary/aromatic N) is 1. The van der Waals surface area contributed by atoms with Gasteiger partial charge in [0, 0.05) is 28.4 Å². The molecule has 1 atom stereocenters. The van der Waals surface area contributed by atoms with Crippen LogP contribution in [0.1, 0.15) is 17.2 Å². The number of hydrogen-bond donors (Lipinski definition) is 1. The number of ether oxygens (including phenoxy) is 2. The smallest absolute Gasteiger partial charge is 0.119 e. The molecule has 0 saturated carbocycles. The molecule has 0 radical (unpaired) electrons. The van der Waals surface area contributed by atoms with Crippen molar-refractivity contribution in [1.82, 2.24) is 4.98 Å². The van der Waals surface area contributed by atoms with Crippen LogP contribution in [0, 0.1) is 0 Å². The van der Waals surface area contributed by atoms with Gasteiger partial charge < -0.3 is 14.6 Å². The minimum atomic E-state index is -0.808. The summed E-state index contributed by atoms with van der Waals surface area (Å²) in [4.78, 5) is 5.18. The van der Waals surface area contributed by atoms with Gasteiger partial charge in [0.05, 0.1) is 14.2 Å². The second-order valence-corrected chi connectivity index (χ2v) is 7.42. The Morgan fingerprint density at radius 1 is 0.897 bits per heavy atom. The number of aliphatic hydroxyl groups is 1. The molecule has 2 aromatic heterocycles.